The molecule has 0 spiro atoms. The molecular weight excluding hydrogens is 261 g/mol. The smallest absolute Gasteiger partial charge is 0.128 e. The van der Waals surface area contributed by atoms with E-state index in [-0.39, 0.29) is 11.9 Å². The molecule has 1 atom stereocenters. The maximum Gasteiger partial charge on any atom is 0.128 e. The standard InChI is InChI=1S/C16H17ClFN/c1-3-19-16(14-6-4-5-7-15(14)18)12-8-11(2)9-13(17)10-12/h4-10,16,19H,3H2,1-2H3. The first-order chi connectivity index (χ1) is 9.11. The minimum atomic E-state index is -0.203. The van der Waals surface area contributed by atoms with Crippen molar-refractivity contribution in [2.45, 2.75) is 19.9 Å². The lowest BCUT2D eigenvalue weighted by molar-refractivity contribution is 0.559. The van der Waals surface area contributed by atoms with Gasteiger partial charge in [-0.3, -0.25) is 0 Å². The van der Waals surface area contributed by atoms with Crippen LogP contribution in [0.25, 0.3) is 0 Å². The number of hydrogen-bond donors (Lipinski definition) is 1. The van der Waals surface area contributed by atoms with E-state index in [0.717, 1.165) is 17.7 Å². The molecule has 3 heteroatoms. The Morgan fingerprint density at radius 1 is 1.21 bits per heavy atom. The zero-order valence-corrected chi connectivity index (χ0v) is 11.8. The van der Waals surface area contributed by atoms with Crippen molar-refractivity contribution in [3.8, 4) is 0 Å². The minimum Gasteiger partial charge on any atom is -0.306 e. The van der Waals surface area contributed by atoms with E-state index >= 15 is 0 Å². The average molecular weight is 278 g/mol. The van der Waals surface area contributed by atoms with Crippen LogP contribution in [0.15, 0.2) is 42.5 Å². The van der Waals surface area contributed by atoms with Crippen LogP contribution in [0.4, 0.5) is 4.39 Å². The summed E-state index contributed by atoms with van der Waals surface area (Å²) >= 11 is 6.10. The highest BCUT2D eigenvalue weighted by molar-refractivity contribution is 6.30. The molecule has 0 saturated carbocycles. The van der Waals surface area contributed by atoms with Crippen LogP contribution in [0.5, 0.6) is 0 Å². The molecule has 0 heterocycles. The molecule has 0 aromatic heterocycles. The van der Waals surface area contributed by atoms with Crippen molar-refractivity contribution >= 4 is 11.6 Å². The molecule has 1 N–H and O–H groups in total. The van der Waals surface area contributed by atoms with Gasteiger partial charge in [-0.25, -0.2) is 4.39 Å². The molecule has 2 rings (SSSR count). The molecule has 0 amide bonds. The third-order valence-electron chi connectivity index (χ3n) is 3.02. The molecule has 0 saturated heterocycles. The van der Waals surface area contributed by atoms with Gasteiger partial charge in [0.25, 0.3) is 0 Å². The molecule has 19 heavy (non-hydrogen) atoms. The highest BCUT2D eigenvalue weighted by Crippen LogP contribution is 2.27. The van der Waals surface area contributed by atoms with E-state index in [1.807, 2.05) is 38.1 Å². The second kappa shape index (κ2) is 6.18. The molecular formula is C16H17ClFN. The van der Waals surface area contributed by atoms with E-state index in [1.165, 1.54) is 6.07 Å². The Balaban J connectivity index is 2.48. The molecule has 100 valence electrons. The van der Waals surface area contributed by atoms with Gasteiger partial charge in [-0.2, -0.15) is 0 Å². The molecule has 0 bridgehead atoms. The fourth-order valence-corrected chi connectivity index (χ4v) is 2.55. The van der Waals surface area contributed by atoms with Gasteiger partial charge in [0, 0.05) is 10.6 Å². The molecule has 0 radical (unpaired) electrons. The van der Waals surface area contributed by atoms with Crippen LogP contribution in [0.1, 0.15) is 29.7 Å². The monoisotopic (exact) mass is 277 g/mol. The lowest BCUT2D eigenvalue weighted by atomic mass is 9.97. The average Bonchev–Trinajstić information content (AvgIpc) is 2.36. The van der Waals surface area contributed by atoms with E-state index in [1.54, 1.807) is 12.1 Å². The summed E-state index contributed by atoms with van der Waals surface area (Å²) in [6, 6.07) is 12.5. The summed E-state index contributed by atoms with van der Waals surface area (Å²) in [4.78, 5) is 0. The Labute approximate surface area is 118 Å². The van der Waals surface area contributed by atoms with Gasteiger partial charge in [0.2, 0.25) is 0 Å². The molecule has 0 aliphatic heterocycles. The van der Waals surface area contributed by atoms with Crippen LogP contribution in [0, 0.1) is 12.7 Å². The van der Waals surface area contributed by atoms with Crippen LogP contribution in [-0.4, -0.2) is 6.54 Å². The Kier molecular flexibility index (Phi) is 4.56. The van der Waals surface area contributed by atoms with Gasteiger partial charge in [0.15, 0.2) is 0 Å². The minimum absolute atomic E-state index is 0.177. The van der Waals surface area contributed by atoms with Crippen molar-refractivity contribution in [3.05, 3.63) is 70.0 Å². The number of rotatable bonds is 4. The van der Waals surface area contributed by atoms with E-state index < -0.39 is 0 Å². The Hall–Kier alpha value is -1.38. The van der Waals surface area contributed by atoms with Gasteiger partial charge in [-0.1, -0.05) is 42.8 Å². The maximum absolute atomic E-state index is 14.0. The lowest BCUT2D eigenvalue weighted by Crippen LogP contribution is -2.23. The van der Waals surface area contributed by atoms with Gasteiger partial charge >= 0.3 is 0 Å². The summed E-state index contributed by atoms with van der Waals surface area (Å²) in [5.74, 6) is -0.203. The van der Waals surface area contributed by atoms with E-state index in [9.17, 15) is 4.39 Å². The summed E-state index contributed by atoms with van der Waals surface area (Å²) in [6.45, 7) is 4.75. The predicted octanol–water partition coefficient (Wildman–Crippen LogP) is 4.49. The number of nitrogens with one attached hydrogen (secondary N) is 1. The Bertz CT molecular complexity index is 548. The first-order valence-corrected chi connectivity index (χ1v) is 6.74. The summed E-state index contributed by atoms with van der Waals surface area (Å²) in [5, 5.41) is 3.99. The zero-order valence-electron chi connectivity index (χ0n) is 11.1. The van der Waals surface area contributed by atoms with Crippen molar-refractivity contribution in [2.24, 2.45) is 0 Å². The number of benzene rings is 2. The maximum atomic E-state index is 14.0. The number of aryl methyl sites for hydroxylation is 1. The number of halogens is 2. The zero-order chi connectivity index (χ0) is 13.8. The van der Waals surface area contributed by atoms with E-state index in [4.69, 9.17) is 11.6 Å². The second-order valence-electron chi connectivity index (χ2n) is 4.57. The van der Waals surface area contributed by atoms with E-state index in [2.05, 4.69) is 5.32 Å². The van der Waals surface area contributed by atoms with Crippen LogP contribution in [0.2, 0.25) is 5.02 Å². The largest absolute Gasteiger partial charge is 0.306 e. The third-order valence-corrected chi connectivity index (χ3v) is 3.24. The fraction of sp³-hybridized carbons (Fsp3) is 0.250. The molecule has 1 nitrogen and oxygen atoms in total. The predicted molar refractivity (Wildman–Crippen MR) is 78.1 cm³/mol. The van der Waals surface area contributed by atoms with Gasteiger partial charge < -0.3 is 5.32 Å². The van der Waals surface area contributed by atoms with Crippen LogP contribution >= 0.6 is 11.6 Å². The van der Waals surface area contributed by atoms with Crippen molar-refractivity contribution in [3.63, 3.8) is 0 Å². The summed E-state index contributed by atoms with van der Waals surface area (Å²) in [6.07, 6.45) is 0. The van der Waals surface area contributed by atoms with Crippen molar-refractivity contribution in [2.75, 3.05) is 6.54 Å². The first-order valence-electron chi connectivity index (χ1n) is 6.36. The number of hydrogen-bond acceptors (Lipinski definition) is 1. The van der Waals surface area contributed by atoms with Crippen LogP contribution in [-0.2, 0) is 0 Å². The summed E-state index contributed by atoms with van der Waals surface area (Å²) in [7, 11) is 0. The third kappa shape index (κ3) is 3.34. The molecule has 1 unspecified atom stereocenters. The van der Waals surface area contributed by atoms with Crippen LogP contribution < -0.4 is 5.32 Å². The molecule has 0 fully saturated rings. The summed E-state index contributed by atoms with van der Waals surface area (Å²) < 4.78 is 14.0. The van der Waals surface area contributed by atoms with Gasteiger partial charge in [0.1, 0.15) is 5.82 Å². The van der Waals surface area contributed by atoms with Gasteiger partial charge in [0.05, 0.1) is 6.04 Å². The van der Waals surface area contributed by atoms with Crippen molar-refractivity contribution < 1.29 is 4.39 Å². The van der Waals surface area contributed by atoms with Gasteiger partial charge in [-0.05, 0) is 42.8 Å². The van der Waals surface area contributed by atoms with Gasteiger partial charge in [-0.15, -0.1) is 0 Å². The quantitative estimate of drug-likeness (QED) is 0.868. The van der Waals surface area contributed by atoms with E-state index in [0.29, 0.717) is 10.6 Å². The topological polar surface area (TPSA) is 12.0 Å². The first kappa shape index (κ1) is 14.0. The highest BCUT2D eigenvalue weighted by Gasteiger charge is 2.17. The Morgan fingerprint density at radius 3 is 2.58 bits per heavy atom. The van der Waals surface area contributed by atoms with Crippen LogP contribution in [0.3, 0.4) is 0 Å². The SMILES string of the molecule is CCNC(c1cc(C)cc(Cl)c1)c1ccccc1F. The molecule has 0 aliphatic carbocycles. The molecule has 2 aromatic rings. The molecule has 2 aromatic carbocycles. The highest BCUT2D eigenvalue weighted by atomic mass is 35.5. The second-order valence-corrected chi connectivity index (χ2v) is 5.01. The normalized spacial score (nSPS) is 12.4. The Morgan fingerprint density at radius 2 is 1.95 bits per heavy atom. The van der Waals surface area contributed by atoms with Crippen molar-refractivity contribution in [1.29, 1.82) is 0 Å². The molecule has 0 aliphatic rings. The fourth-order valence-electron chi connectivity index (χ4n) is 2.25. The summed E-state index contributed by atoms with van der Waals surface area (Å²) in [5.41, 5.74) is 2.70. The lowest BCUT2D eigenvalue weighted by Gasteiger charge is -2.20. The van der Waals surface area contributed by atoms with Crippen molar-refractivity contribution in [1.82, 2.24) is 5.32 Å².